The van der Waals surface area contributed by atoms with Crippen molar-refractivity contribution in [2.45, 2.75) is 37.1 Å². The lowest BCUT2D eigenvalue weighted by Crippen LogP contribution is -2.35. The number of carbonyl (C=O) groups excluding carboxylic acids is 1. The molecule has 2 nitrogen and oxygen atoms in total. The molecule has 0 aliphatic heterocycles. The van der Waals surface area contributed by atoms with Crippen LogP contribution in [-0.2, 0) is 4.79 Å². The summed E-state index contributed by atoms with van der Waals surface area (Å²) in [5.41, 5.74) is 0.557. The van der Waals surface area contributed by atoms with Gasteiger partial charge in [-0.2, -0.15) is 0 Å². The third kappa shape index (κ3) is 3.31. The van der Waals surface area contributed by atoms with E-state index in [0.717, 1.165) is 25.7 Å². The minimum Gasteiger partial charge on any atom is -0.352 e. The third-order valence-electron chi connectivity index (χ3n) is 3.16. The van der Waals surface area contributed by atoms with Crippen molar-refractivity contribution in [3.63, 3.8) is 0 Å². The first-order valence-corrected chi connectivity index (χ1v) is 7.16. The lowest BCUT2D eigenvalue weighted by molar-refractivity contribution is -0.121. The molecule has 1 amide bonds. The van der Waals surface area contributed by atoms with Crippen molar-refractivity contribution >= 4 is 40.7 Å². The zero-order valence-electron chi connectivity index (χ0n) is 9.76. The van der Waals surface area contributed by atoms with Crippen LogP contribution in [0, 0.1) is 0 Å². The number of alkyl halides is 1. The van der Waals surface area contributed by atoms with E-state index in [4.69, 9.17) is 34.8 Å². The quantitative estimate of drug-likeness (QED) is 0.827. The summed E-state index contributed by atoms with van der Waals surface area (Å²) in [5.74, 6) is -0.201. The van der Waals surface area contributed by atoms with Crippen LogP contribution in [0.15, 0.2) is 18.2 Å². The first kappa shape index (κ1) is 14.0. The average Bonchev–Trinajstić information content (AvgIpc) is 2.84. The molecule has 1 aromatic carbocycles. The summed E-state index contributed by atoms with van der Waals surface area (Å²) in [4.78, 5) is 12.0. The molecule has 1 aliphatic rings. The number of hydrogen-bond donors (Lipinski definition) is 1. The molecule has 5 heteroatoms. The fraction of sp³-hybridized carbons (Fsp3) is 0.462. The van der Waals surface area contributed by atoms with Crippen molar-refractivity contribution in [3.8, 4) is 0 Å². The van der Waals surface area contributed by atoms with Crippen molar-refractivity contribution in [2.75, 3.05) is 0 Å². The van der Waals surface area contributed by atoms with E-state index in [0.29, 0.717) is 15.6 Å². The van der Waals surface area contributed by atoms with E-state index in [1.165, 1.54) is 0 Å². The molecule has 18 heavy (non-hydrogen) atoms. The maximum absolute atomic E-state index is 12.0. The fourth-order valence-electron chi connectivity index (χ4n) is 2.19. The molecular formula is C13H14Cl3NO. The van der Waals surface area contributed by atoms with E-state index in [2.05, 4.69) is 5.32 Å². The molecular weight excluding hydrogens is 293 g/mol. The standard InChI is InChI=1S/C13H14Cl3NO/c14-8-5-6-11(15)10(7-8)12(16)13(18)17-9-3-1-2-4-9/h5-7,9,12H,1-4H2,(H,17,18). The summed E-state index contributed by atoms with van der Waals surface area (Å²) in [6.45, 7) is 0. The van der Waals surface area contributed by atoms with Crippen molar-refractivity contribution in [1.82, 2.24) is 5.32 Å². The van der Waals surface area contributed by atoms with Crippen LogP contribution in [0.25, 0.3) is 0 Å². The SMILES string of the molecule is O=C(NC1CCCC1)C(Cl)c1cc(Cl)ccc1Cl. The van der Waals surface area contributed by atoms with Crippen molar-refractivity contribution < 1.29 is 4.79 Å². The Morgan fingerprint density at radius 1 is 1.28 bits per heavy atom. The van der Waals surface area contributed by atoms with Crippen LogP contribution in [0.4, 0.5) is 0 Å². The van der Waals surface area contributed by atoms with Crippen LogP contribution < -0.4 is 5.32 Å². The van der Waals surface area contributed by atoms with E-state index in [9.17, 15) is 4.79 Å². The van der Waals surface area contributed by atoms with E-state index in [1.807, 2.05) is 0 Å². The van der Waals surface area contributed by atoms with Crippen LogP contribution in [0.5, 0.6) is 0 Å². The Bertz CT molecular complexity index is 444. The molecule has 2 rings (SSSR count). The second-order valence-corrected chi connectivity index (χ2v) is 5.80. The third-order valence-corrected chi connectivity index (χ3v) is 4.18. The van der Waals surface area contributed by atoms with Crippen molar-refractivity contribution in [3.05, 3.63) is 33.8 Å². The van der Waals surface area contributed by atoms with Gasteiger partial charge in [-0.25, -0.2) is 0 Å². The molecule has 1 saturated carbocycles. The number of benzene rings is 1. The first-order valence-electron chi connectivity index (χ1n) is 5.97. The normalized spacial score (nSPS) is 17.7. The summed E-state index contributed by atoms with van der Waals surface area (Å²) < 4.78 is 0. The van der Waals surface area contributed by atoms with Gasteiger partial charge >= 0.3 is 0 Å². The monoisotopic (exact) mass is 305 g/mol. The summed E-state index contributed by atoms with van der Waals surface area (Å²) in [6, 6.07) is 5.20. The number of rotatable bonds is 3. The fourth-order valence-corrected chi connectivity index (χ4v) is 2.90. The van der Waals surface area contributed by atoms with Gasteiger partial charge in [-0.3, -0.25) is 4.79 Å². The van der Waals surface area contributed by atoms with Gasteiger partial charge in [0.1, 0.15) is 5.38 Å². The van der Waals surface area contributed by atoms with E-state index in [1.54, 1.807) is 18.2 Å². The van der Waals surface area contributed by atoms with Gasteiger partial charge in [-0.15, -0.1) is 11.6 Å². The Balaban J connectivity index is 2.07. The maximum atomic E-state index is 12.0. The Morgan fingerprint density at radius 3 is 2.61 bits per heavy atom. The molecule has 0 heterocycles. The second kappa shape index (κ2) is 6.14. The topological polar surface area (TPSA) is 29.1 Å². The molecule has 1 aliphatic carbocycles. The molecule has 1 fully saturated rings. The Kier molecular flexibility index (Phi) is 4.77. The predicted molar refractivity (Wildman–Crippen MR) is 75.5 cm³/mol. The Labute approximate surface area is 122 Å². The van der Waals surface area contributed by atoms with Crippen molar-refractivity contribution in [1.29, 1.82) is 0 Å². The highest BCUT2D eigenvalue weighted by Gasteiger charge is 2.24. The minimum atomic E-state index is -0.795. The summed E-state index contributed by atoms with van der Waals surface area (Å²) in [6.07, 6.45) is 4.38. The predicted octanol–water partition coefficient (Wildman–Crippen LogP) is 4.33. The van der Waals surface area contributed by atoms with E-state index >= 15 is 0 Å². The zero-order chi connectivity index (χ0) is 13.1. The number of carbonyl (C=O) groups is 1. The average molecular weight is 307 g/mol. The van der Waals surface area contributed by atoms with Crippen LogP contribution in [-0.4, -0.2) is 11.9 Å². The van der Waals surface area contributed by atoms with Gasteiger partial charge in [0.25, 0.3) is 0 Å². The number of halogens is 3. The Morgan fingerprint density at radius 2 is 1.94 bits per heavy atom. The maximum Gasteiger partial charge on any atom is 0.242 e. The van der Waals surface area contributed by atoms with Gasteiger partial charge in [-0.05, 0) is 36.6 Å². The van der Waals surface area contributed by atoms with Gasteiger partial charge in [0.15, 0.2) is 0 Å². The number of amides is 1. The van der Waals surface area contributed by atoms with Crippen LogP contribution in [0.2, 0.25) is 10.0 Å². The van der Waals surface area contributed by atoms with E-state index < -0.39 is 5.38 Å². The second-order valence-electron chi connectivity index (χ2n) is 4.52. The van der Waals surface area contributed by atoms with Gasteiger partial charge in [-0.1, -0.05) is 36.0 Å². The molecule has 0 spiro atoms. The van der Waals surface area contributed by atoms with Crippen molar-refractivity contribution in [2.24, 2.45) is 0 Å². The molecule has 98 valence electrons. The van der Waals surface area contributed by atoms with Gasteiger partial charge < -0.3 is 5.32 Å². The van der Waals surface area contributed by atoms with Gasteiger partial charge in [0, 0.05) is 16.1 Å². The summed E-state index contributed by atoms with van der Waals surface area (Å²) >= 11 is 18.1. The van der Waals surface area contributed by atoms with Gasteiger partial charge in [0.2, 0.25) is 5.91 Å². The molecule has 0 bridgehead atoms. The molecule has 0 radical (unpaired) electrons. The minimum absolute atomic E-state index is 0.201. The molecule has 0 aromatic heterocycles. The van der Waals surface area contributed by atoms with Crippen LogP contribution in [0.1, 0.15) is 36.6 Å². The largest absolute Gasteiger partial charge is 0.352 e. The van der Waals surface area contributed by atoms with Crippen LogP contribution in [0.3, 0.4) is 0 Å². The summed E-state index contributed by atoms with van der Waals surface area (Å²) in [7, 11) is 0. The van der Waals surface area contributed by atoms with E-state index in [-0.39, 0.29) is 11.9 Å². The number of hydrogen-bond acceptors (Lipinski definition) is 1. The lowest BCUT2D eigenvalue weighted by atomic mass is 10.1. The zero-order valence-corrected chi connectivity index (χ0v) is 12.0. The van der Waals surface area contributed by atoms with Gasteiger partial charge in [0.05, 0.1) is 0 Å². The molecule has 1 aromatic rings. The smallest absolute Gasteiger partial charge is 0.242 e. The van der Waals surface area contributed by atoms with Crippen LogP contribution >= 0.6 is 34.8 Å². The molecule has 1 N–H and O–H groups in total. The summed E-state index contributed by atoms with van der Waals surface area (Å²) in [5, 5.41) is 3.14. The highest BCUT2D eigenvalue weighted by atomic mass is 35.5. The Hall–Kier alpha value is -0.440. The highest BCUT2D eigenvalue weighted by Crippen LogP contribution is 2.31. The number of nitrogens with one attached hydrogen (secondary N) is 1. The first-order chi connectivity index (χ1) is 8.58. The molecule has 1 atom stereocenters. The lowest BCUT2D eigenvalue weighted by Gasteiger charge is -2.16. The highest BCUT2D eigenvalue weighted by molar-refractivity contribution is 6.37. The molecule has 0 saturated heterocycles. The molecule has 1 unspecified atom stereocenters.